The van der Waals surface area contributed by atoms with Gasteiger partial charge in [-0.2, -0.15) is 0 Å². The summed E-state index contributed by atoms with van der Waals surface area (Å²) in [7, 11) is 3.25. The van der Waals surface area contributed by atoms with E-state index in [1.165, 1.54) is 20.7 Å². The molecule has 0 saturated heterocycles. The number of nitrogens with one attached hydrogen (secondary N) is 2. The number of H-pyrrole nitrogens is 1. The SMILES string of the molecule is COc1cc2nc(C)nc(NCc3ccc(-c4ccc5[nH]ccc5c4)s3)c2cc1OC. The summed E-state index contributed by atoms with van der Waals surface area (Å²) in [5.74, 6) is 2.80. The van der Waals surface area contributed by atoms with Crippen LogP contribution in [-0.4, -0.2) is 29.2 Å². The van der Waals surface area contributed by atoms with Crippen molar-refractivity contribution in [2.24, 2.45) is 0 Å². The van der Waals surface area contributed by atoms with E-state index in [1.54, 1.807) is 25.6 Å². The van der Waals surface area contributed by atoms with Gasteiger partial charge in [-0.15, -0.1) is 11.3 Å². The van der Waals surface area contributed by atoms with Crippen LogP contribution in [0, 0.1) is 6.92 Å². The smallest absolute Gasteiger partial charge is 0.162 e. The fourth-order valence-electron chi connectivity index (χ4n) is 3.71. The van der Waals surface area contributed by atoms with Gasteiger partial charge in [-0.1, -0.05) is 6.07 Å². The van der Waals surface area contributed by atoms with Gasteiger partial charge in [-0.25, -0.2) is 9.97 Å². The molecule has 0 unspecified atom stereocenters. The van der Waals surface area contributed by atoms with Crippen molar-refractivity contribution in [3.63, 3.8) is 0 Å². The standard InChI is InChI=1S/C24H22N4O2S/c1-14-27-20-12-22(30-3)21(29-2)11-18(20)24(28-14)26-13-17-5-7-23(31-17)16-4-6-19-15(10-16)8-9-25-19/h4-12,25H,13H2,1-3H3,(H,26,27,28). The second-order valence-electron chi connectivity index (χ2n) is 7.24. The van der Waals surface area contributed by atoms with Gasteiger partial charge in [0.1, 0.15) is 11.6 Å². The maximum atomic E-state index is 5.46. The van der Waals surface area contributed by atoms with Crippen molar-refractivity contribution < 1.29 is 9.47 Å². The van der Waals surface area contributed by atoms with Gasteiger partial charge in [0.15, 0.2) is 11.5 Å². The first kappa shape index (κ1) is 19.4. The highest BCUT2D eigenvalue weighted by atomic mass is 32.1. The lowest BCUT2D eigenvalue weighted by molar-refractivity contribution is 0.356. The Morgan fingerprint density at radius 3 is 2.65 bits per heavy atom. The van der Waals surface area contributed by atoms with Crippen molar-refractivity contribution in [3.8, 4) is 21.9 Å². The van der Waals surface area contributed by atoms with Crippen LogP contribution in [0.4, 0.5) is 5.82 Å². The molecule has 0 saturated carbocycles. The molecule has 3 heterocycles. The van der Waals surface area contributed by atoms with Crippen molar-refractivity contribution >= 4 is 39.0 Å². The molecule has 2 N–H and O–H groups in total. The van der Waals surface area contributed by atoms with Crippen LogP contribution >= 0.6 is 11.3 Å². The van der Waals surface area contributed by atoms with Gasteiger partial charge in [0.25, 0.3) is 0 Å². The van der Waals surface area contributed by atoms with E-state index in [-0.39, 0.29) is 0 Å². The molecule has 156 valence electrons. The molecule has 0 aliphatic rings. The monoisotopic (exact) mass is 430 g/mol. The Balaban J connectivity index is 1.42. The third-order valence-corrected chi connectivity index (χ3v) is 6.38. The molecule has 31 heavy (non-hydrogen) atoms. The van der Waals surface area contributed by atoms with Crippen LogP contribution < -0.4 is 14.8 Å². The van der Waals surface area contributed by atoms with E-state index in [4.69, 9.17) is 9.47 Å². The van der Waals surface area contributed by atoms with Crippen molar-refractivity contribution in [2.75, 3.05) is 19.5 Å². The summed E-state index contributed by atoms with van der Waals surface area (Å²) in [6.45, 7) is 2.57. The van der Waals surface area contributed by atoms with Gasteiger partial charge in [-0.3, -0.25) is 0 Å². The van der Waals surface area contributed by atoms with Gasteiger partial charge >= 0.3 is 0 Å². The molecule has 6 nitrogen and oxygen atoms in total. The van der Waals surface area contributed by atoms with E-state index in [1.807, 2.05) is 25.3 Å². The number of hydrogen-bond donors (Lipinski definition) is 2. The summed E-state index contributed by atoms with van der Waals surface area (Å²) >= 11 is 1.78. The molecule has 7 heteroatoms. The number of methoxy groups -OCH3 is 2. The van der Waals surface area contributed by atoms with E-state index in [9.17, 15) is 0 Å². The Morgan fingerprint density at radius 2 is 1.81 bits per heavy atom. The molecule has 0 radical (unpaired) electrons. The van der Waals surface area contributed by atoms with Crippen LogP contribution in [0.3, 0.4) is 0 Å². The van der Waals surface area contributed by atoms with E-state index < -0.39 is 0 Å². The number of rotatable bonds is 6. The van der Waals surface area contributed by atoms with Crippen LogP contribution in [-0.2, 0) is 6.54 Å². The number of fused-ring (bicyclic) bond motifs is 2. The lowest BCUT2D eigenvalue weighted by atomic mass is 10.1. The third kappa shape index (κ3) is 3.68. The Morgan fingerprint density at radius 1 is 0.968 bits per heavy atom. The lowest BCUT2D eigenvalue weighted by Gasteiger charge is -2.12. The summed E-state index contributed by atoms with van der Waals surface area (Å²) in [6.07, 6.45) is 1.97. The topological polar surface area (TPSA) is 72.1 Å². The predicted octanol–water partition coefficient (Wildman–Crippen LogP) is 5.78. The summed E-state index contributed by atoms with van der Waals surface area (Å²) in [5, 5.41) is 5.60. The van der Waals surface area contributed by atoms with Gasteiger partial charge in [-0.05, 0) is 54.3 Å². The van der Waals surface area contributed by atoms with E-state index >= 15 is 0 Å². The lowest BCUT2D eigenvalue weighted by Crippen LogP contribution is -2.04. The number of aromatic nitrogens is 3. The molecule has 0 amide bonds. The minimum absolute atomic E-state index is 0.654. The summed E-state index contributed by atoms with van der Waals surface area (Å²) in [4.78, 5) is 14.9. The summed E-state index contributed by atoms with van der Waals surface area (Å²) < 4.78 is 10.9. The normalized spacial score (nSPS) is 11.2. The third-order valence-electron chi connectivity index (χ3n) is 5.24. The van der Waals surface area contributed by atoms with Crippen LogP contribution in [0.1, 0.15) is 10.7 Å². The minimum Gasteiger partial charge on any atom is -0.493 e. The number of thiophene rings is 1. The molecule has 0 atom stereocenters. The number of aromatic amines is 1. The van der Waals surface area contributed by atoms with Crippen molar-refractivity contribution in [1.82, 2.24) is 15.0 Å². The van der Waals surface area contributed by atoms with Crippen molar-refractivity contribution in [1.29, 1.82) is 0 Å². The molecule has 0 fully saturated rings. The highest BCUT2D eigenvalue weighted by Crippen LogP contribution is 2.35. The Bertz CT molecular complexity index is 1390. The molecule has 0 aliphatic heterocycles. The number of aryl methyl sites for hydroxylation is 1. The number of nitrogens with zero attached hydrogens (tertiary/aromatic N) is 2. The van der Waals surface area contributed by atoms with E-state index in [2.05, 4.69) is 56.7 Å². The first-order chi connectivity index (χ1) is 15.1. The van der Waals surface area contributed by atoms with Gasteiger partial charge in [0, 0.05) is 32.9 Å². The molecule has 0 aliphatic carbocycles. The zero-order chi connectivity index (χ0) is 21.4. The second-order valence-corrected chi connectivity index (χ2v) is 8.41. The summed E-state index contributed by atoms with van der Waals surface area (Å²) in [6, 6.07) is 16.7. The molecular formula is C24H22N4O2S. The zero-order valence-corrected chi connectivity index (χ0v) is 18.3. The van der Waals surface area contributed by atoms with Crippen molar-refractivity contribution in [2.45, 2.75) is 13.5 Å². The Labute approximate surface area is 183 Å². The maximum absolute atomic E-state index is 5.46. The average molecular weight is 431 g/mol. The predicted molar refractivity (Wildman–Crippen MR) is 126 cm³/mol. The number of anilines is 1. The largest absolute Gasteiger partial charge is 0.493 e. The molecule has 3 aromatic heterocycles. The zero-order valence-electron chi connectivity index (χ0n) is 17.5. The Kier molecular flexibility index (Phi) is 4.95. The van der Waals surface area contributed by atoms with Crippen molar-refractivity contribution in [3.05, 3.63) is 65.4 Å². The van der Waals surface area contributed by atoms with Crippen LogP contribution in [0.25, 0.3) is 32.2 Å². The van der Waals surface area contributed by atoms with E-state index in [0.29, 0.717) is 23.9 Å². The second kappa shape index (κ2) is 7.92. The molecule has 2 aromatic carbocycles. The van der Waals surface area contributed by atoms with E-state index in [0.717, 1.165) is 22.2 Å². The fraction of sp³-hybridized carbons (Fsp3) is 0.167. The summed E-state index contributed by atoms with van der Waals surface area (Å²) in [5.41, 5.74) is 3.20. The van der Waals surface area contributed by atoms with Gasteiger partial charge in [0.2, 0.25) is 0 Å². The molecule has 5 aromatic rings. The Hall–Kier alpha value is -3.58. The highest BCUT2D eigenvalue weighted by Gasteiger charge is 2.13. The molecule has 0 spiro atoms. The van der Waals surface area contributed by atoms with Crippen LogP contribution in [0.2, 0.25) is 0 Å². The maximum Gasteiger partial charge on any atom is 0.162 e. The minimum atomic E-state index is 0.654. The molecule has 0 bridgehead atoms. The average Bonchev–Trinajstić information content (AvgIpc) is 3.45. The number of ether oxygens (including phenoxy) is 2. The van der Waals surface area contributed by atoms with Crippen LogP contribution in [0.15, 0.2) is 54.7 Å². The quantitative estimate of drug-likeness (QED) is 0.357. The number of benzene rings is 2. The first-order valence-corrected chi connectivity index (χ1v) is 10.8. The molecular weight excluding hydrogens is 408 g/mol. The fourth-order valence-corrected chi connectivity index (χ4v) is 4.66. The highest BCUT2D eigenvalue weighted by molar-refractivity contribution is 7.15. The molecule has 5 rings (SSSR count). The van der Waals surface area contributed by atoms with Gasteiger partial charge < -0.3 is 19.8 Å². The number of hydrogen-bond acceptors (Lipinski definition) is 6. The van der Waals surface area contributed by atoms with Crippen LogP contribution in [0.5, 0.6) is 11.5 Å². The van der Waals surface area contributed by atoms with Gasteiger partial charge in [0.05, 0.1) is 26.3 Å². The first-order valence-electron chi connectivity index (χ1n) is 9.95.